The van der Waals surface area contributed by atoms with Crippen molar-refractivity contribution in [3.63, 3.8) is 0 Å². The largest absolute Gasteiger partial charge is 0.507 e. The number of hydrogen-bond donors (Lipinski definition) is 2. The maximum absolute atomic E-state index is 13.4. The maximum atomic E-state index is 13.4. The predicted octanol–water partition coefficient (Wildman–Crippen LogP) is 5.32. The molecule has 0 heterocycles. The average Bonchev–Trinajstić information content (AvgIpc) is 2.78. The molecule has 0 saturated carbocycles. The number of amides is 2. The summed E-state index contributed by atoms with van der Waals surface area (Å²) in [4.78, 5) is 28.1. The summed E-state index contributed by atoms with van der Waals surface area (Å²) in [7, 11) is 3.18. The molecule has 3 rings (SSSR count). The molecule has 6 nitrogen and oxygen atoms in total. The van der Waals surface area contributed by atoms with Crippen molar-refractivity contribution in [2.75, 3.05) is 19.0 Å². The summed E-state index contributed by atoms with van der Waals surface area (Å²) in [6.07, 6.45) is -4.50. The molecule has 10 heteroatoms. The van der Waals surface area contributed by atoms with E-state index < -0.39 is 29.1 Å². The van der Waals surface area contributed by atoms with Crippen molar-refractivity contribution < 1.29 is 33.0 Å². The molecule has 0 aromatic heterocycles. The Balaban J connectivity index is 2.02. The smallest absolute Gasteiger partial charge is 0.416 e. The molecule has 0 bridgehead atoms. The quantitative estimate of drug-likeness (QED) is 0.505. The Kier molecular flexibility index (Phi) is 7.07. The van der Waals surface area contributed by atoms with Crippen LogP contribution in [0.3, 0.4) is 0 Å². The fraction of sp³-hybridized carbons (Fsp3) is 0.167. The normalized spacial score (nSPS) is 11.2. The van der Waals surface area contributed by atoms with Crippen LogP contribution in [0.25, 0.3) is 0 Å². The Bertz CT molecular complexity index is 1210. The summed E-state index contributed by atoms with van der Waals surface area (Å²) in [6, 6.07) is 12.4. The summed E-state index contributed by atoms with van der Waals surface area (Å²) in [5.74, 6) is -1.92. The van der Waals surface area contributed by atoms with Gasteiger partial charge in [0.05, 0.1) is 22.7 Å². The molecule has 3 aromatic rings. The van der Waals surface area contributed by atoms with E-state index in [1.165, 1.54) is 46.2 Å². The minimum absolute atomic E-state index is 0.143. The fourth-order valence-electron chi connectivity index (χ4n) is 3.17. The second-order valence-corrected chi connectivity index (χ2v) is 8.06. The first-order valence-corrected chi connectivity index (χ1v) is 10.3. The van der Waals surface area contributed by atoms with Crippen molar-refractivity contribution in [1.29, 1.82) is 0 Å². The van der Waals surface area contributed by atoms with Gasteiger partial charge in [-0.15, -0.1) is 0 Å². The lowest BCUT2D eigenvalue weighted by Gasteiger charge is -2.24. The van der Waals surface area contributed by atoms with E-state index in [1.807, 2.05) is 0 Å². The highest BCUT2D eigenvalue weighted by Gasteiger charge is 2.30. The summed E-state index contributed by atoms with van der Waals surface area (Å²) >= 11 is 5.91. The van der Waals surface area contributed by atoms with E-state index >= 15 is 0 Å². The summed E-state index contributed by atoms with van der Waals surface area (Å²) in [5, 5.41) is 19.7. The van der Waals surface area contributed by atoms with Crippen molar-refractivity contribution in [3.05, 3.63) is 87.9 Å². The number of nitrogens with zero attached hydrogens (tertiary/aromatic N) is 2. The van der Waals surface area contributed by atoms with Crippen LogP contribution in [0.5, 0.6) is 11.5 Å². The van der Waals surface area contributed by atoms with Gasteiger partial charge in [0.1, 0.15) is 11.5 Å². The lowest BCUT2D eigenvalue weighted by atomic mass is 10.1. The van der Waals surface area contributed by atoms with Gasteiger partial charge in [0, 0.05) is 31.4 Å². The van der Waals surface area contributed by atoms with Crippen LogP contribution in [0.15, 0.2) is 60.7 Å². The molecule has 2 N–H and O–H groups in total. The van der Waals surface area contributed by atoms with E-state index in [9.17, 15) is 33.0 Å². The van der Waals surface area contributed by atoms with Gasteiger partial charge in [0.25, 0.3) is 11.8 Å². The minimum Gasteiger partial charge on any atom is -0.507 e. The van der Waals surface area contributed by atoms with Crippen molar-refractivity contribution in [3.8, 4) is 11.5 Å². The summed E-state index contributed by atoms with van der Waals surface area (Å²) < 4.78 is 38.7. The predicted molar refractivity (Wildman–Crippen MR) is 121 cm³/mol. The second-order valence-electron chi connectivity index (χ2n) is 7.65. The third-order valence-corrected chi connectivity index (χ3v) is 5.30. The summed E-state index contributed by atoms with van der Waals surface area (Å²) in [5.41, 5.74) is 0.0287. The first kappa shape index (κ1) is 24.9. The number of carbonyl (C=O) groups is 2. The van der Waals surface area contributed by atoms with E-state index in [4.69, 9.17) is 11.6 Å². The van der Waals surface area contributed by atoms with Gasteiger partial charge < -0.3 is 20.0 Å². The van der Waals surface area contributed by atoms with Crippen LogP contribution in [0, 0.1) is 0 Å². The highest BCUT2D eigenvalue weighted by molar-refractivity contribution is 6.32. The molecule has 0 spiro atoms. The molecule has 2 amide bonds. The van der Waals surface area contributed by atoms with Gasteiger partial charge in [0.15, 0.2) is 0 Å². The zero-order valence-electron chi connectivity index (χ0n) is 18.1. The minimum atomic E-state index is -4.50. The first-order valence-electron chi connectivity index (χ1n) is 9.89. The number of rotatable bonds is 5. The molecule has 0 radical (unpaired) electrons. The Morgan fingerprint density at radius 2 is 1.47 bits per heavy atom. The third kappa shape index (κ3) is 5.43. The van der Waals surface area contributed by atoms with Crippen molar-refractivity contribution >= 4 is 29.1 Å². The Hall–Kier alpha value is -3.72. The molecule has 0 saturated heterocycles. The highest BCUT2D eigenvalue weighted by Crippen LogP contribution is 2.34. The van der Waals surface area contributed by atoms with Crippen LogP contribution < -0.4 is 4.90 Å². The van der Waals surface area contributed by atoms with Gasteiger partial charge in [-0.2, -0.15) is 13.2 Å². The molecule has 0 atom stereocenters. The van der Waals surface area contributed by atoms with Crippen LogP contribution in [-0.4, -0.2) is 41.0 Å². The first-order chi connectivity index (χ1) is 15.9. The molecule has 3 aromatic carbocycles. The van der Waals surface area contributed by atoms with Gasteiger partial charge in [0.2, 0.25) is 0 Å². The number of hydrogen-bond acceptors (Lipinski definition) is 4. The van der Waals surface area contributed by atoms with Gasteiger partial charge in [-0.1, -0.05) is 23.7 Å². The molecular formula is C24H20ClF3N2O4. The number of carbonyl (C=O) groups excluding carboxylic acids is 2. The Morgan fingerprint density at radius 3 is 2.00 bits per heavy atom. The number of anilines is 1. The van der Waals surface area contributed by atoms with Gasteiger partial charge in [-0.3, -0.25) is 9.59 Å². The second kappa shape index (κ2) is 9.64. The maximum Gasteiger partial charge on any atom is 0.416 e. The van der Waals surface area contributed by atoms with Crippen LogP contribution in [0.2, 0.25) is 5.02 Å². The zero-order valence-corrected chi connectivity index (χ0v) is 18.9. The average molecular weight is 493 g/mol. The SMILES string of the molecule is CN(C)C(=O)c1ccc(N(Cc2ccc(C(F)(F)F)cc2)C(=O)c2cc(Cl)c(O)cc2O)cc1. The zero-order chi connectivity index (χ0) is 25.2. The monoisotopic (exact) mass is 492 g/mol. The molecule has 34 heavy (non-hydrogen) atoms. The number of phenols is 2. The van der Waals surface area contributed by atoms with Gasteiger partial charge in [-0.25, -0.2) is 0 Å². The molecule has 178 valence electrons. The van der Waals surface area contributed by atoms with E-state index in [0.29, 0.717) is 16.8 Å². The number of phenolic OH excluding ortho intramolecular Hbond substituents is 2. The third-order valence-electron chi connectivity index (χ3n) is 4.99. The van der Waals surface area contributed by atoms with Crippen LogP contribution in [-0.2, 0) is 12.7 Å². The number of benzene rings is 3. The topological polar surface area (TPSA) is 81.1 Å². The molecular weight excluding hydrogens is 473 g/mol. The van der Waals surface area contributed by atoms with Crippen LogP contribution >= 0.6 is 11.6 Å². The summed E-state index contributed by atoms with van der Waals surface area (Å²) in [6.45, 7) is -0.143. The number of halogens is 4. The number of alkyl halides is 3. The Morgan fingerprint density at radius 1 is 0.882 bits per heavy atom. The van der Waals surface area contributed by atoms with Crippen molar-refractivity contribution in [1.82, 2.24) is 4.90 Å². The van der Waals surface area contributed by atoms with E-state index in [2.05, 4.69) is 0 Å². The molecule has 0 aliphatic rings. The van der Waals surface area contributed by atoms with Gasteiger partial charge in [-0.05, 0) is 48.0 Å². The van der Waals surface area contributed by atoms with Crippen LogP contribution in [0.4, 0.5) is 18.9 Å². The van der Waals surface area contributed by atoms with E-state index in [0.717, 1.165) is 24.3 Å². The van der Waals surface area contributed by atoms with Crippen molar-refractivity contribution in [2.24, 2.45) is 0 Å². The van der Waals surface area contributed by atoms with Gasteiger partial charge >= 0.3 is 6.18 Å². The van der Waals surface area contributed by atoms with Crippen molar-refractivity contribution in [2.45, 2.75) is 12.7 Å². The molecule has 0 unspecified atom stereocenters. The number of aromatic hydroxyl groups is 2. The standard InChI is InChI=1S/C24H20ClF3N2O4/c1-29(2)22(33)15-5-9-17(10-6-15)30(13-14-3-7-16(8-4-14)24(26,27)28)23(34)18-11-19(25)21(32)12-20(18)31/h3-12,31-32H,13H2,1-2H3. The molecule has 0 aliphatic heterocycles. The molecule has 0 fully saturated rings. The Labute approximate surface area is 198 Å². The molecule has 0 aliphatic carbocycles. The lowest BCUT2D eigenvalue weighted by molar-refractivity contribution is -0.137. The van der Waals surface area contributed by atoms with Crippen LogP contribution in [0.1, 0.15) is 31.8 Å². The van der Waals surface area contributed by atoms with E-state index in [-0.39, 0.29) is 23.0 Å². The van der Waals surface area contributed by atoms with E-state index in [1.54, 1.807) is 14.1 Å². The lowest BCUT2D eigenvalue weighted by Crippen LogP contribution is -2.30. The highest BCUT2D eigenvalue weighted by atomic mass is 35.5. The fourth-order valence-corrected chi connectivity index (χ4v) is 3.34.